The molecule has 3 N–H and O–H groups in total. The summed E-state index contributed by atoms with van der Waals surface area (Å²) < 4.78 is 21.0. The van der Waals surface area contributed by atoms with Crippen LogP contribution < -0.4 is 5.73 Å². The minimum Gasteiger partial charge on any atom is -0.768 e. The standard InChI is InChI=1S/C8H9NO3S.Y/c1-5(10)7-3-2-6(13(11)12)4-8(7)9;/h2-4,10H,1,9H2,(H,11,12);/p-1. The maximum atomic E-state index is 10.5. The summed E-state index contributed by atoms with van der Waals surface area (Å²) in [5.74, 6) is -0.180. The minimum atomic E-state index is -2.30. The molecule has 0 fully saturated rings. The van der Waals surface area contributed by atoms with Gasteiger partial charge in [0.25, 0.3) is 0 Å². The van der Waals surface area contributed by atoms with Crippen LogP contribution >= 0.6 is 0 Å². The van der Waals surface area contributed by atoms with Gasteiger partial charge in [-0.05, 0) is 29.3 Å². The van der Waals surface area contributed by atoms with Crippen LogP contribution in [0.15, 0.2) is 29.7 Å². The summed E-state index contributed by atoms with van der Waals surface area (Å²) >= 11 is -2.30. The van der Waals surface area contributed by atoms with Gasteiger partial charge in [0.1, 0.15) is 5.76 Å². The summed E-state index contributed by atoms with van der Waals surface area (Å²) in [6, 6.07) is 4.01. The number of rotatable bonds is 2. The topological polar surface area (TPSA) is 86.4 Å². The molecule has 73 valence electrons. The van der Waals surface area contributed by atoms with Crippen LogP contribution in [0.3, 0.4) is 0 Å². The van der Waals surface area contributed by atoms with Gasteiger partial charge in [0.15, 0.2) is 0 Å². The summed E-state index contributed by atoms with van der Waals surface area (Å²) in [5, 5.41) is 9.01. The zero-order valence-corrected chi connectivity index (χ0v) is 10.9. The van der Waals surface area contributed by atoms with Gasteiger partial charge in [-0.3, -0.25) is 4.21 Å². The molecular formula is C8H8NO3SY-. The second-order valence-corrected chi connectivity index (χ2v) is 3.37. The number of hydrogen-bond donors (Lipinski definition) is 2. The molecule has 4 nitrogen and oxygen atoms in total. The average Bonchev–Trinajstić information content (AvgIpc) is 2.03. The third kappa shape index (κ3) is 3.17. The quantitative estimate of drug-likeness (QED) is 0.483. The zero-order valence-electron chi connectivity index (χ0n) is 7.27. The zero-order chi connectivity index (χ0) is 10.0. The Labute approximate surface area is 109 Å². The number of nitrogen functional groups attached to an aromatic ring is 1. The maximum Gasteiger partial charge on any atom is 0.117 e. The Kier molecular flexibility index (Phi) is 5.51. The molecule has 1 atom stereocenters. The van der Waals surface area contributed by atoms with E-state index in [9.17, 15) is 8.76 Å². The molecule has 0 heterocycles. The second kappa shape index (κ2) is 5.61. The molecular weight excluding hydrogens is 279 g/mol. The third-order valence-corrected chi connectivity index (χ3v) is 2.17. The molecule has 0 aliphatic carbocycles. The molecule has 0 bridgehead atoms. The van der Waals surface area contributed by atoms with Crippen molar-refractivity contribution in [2.24, 2.45) is 0 Å². The van der Waals surface area contributed by atoms with Crippen molar-refractivity contribution < 1.29 is 46.6 Å². The van der Waals surface area contributed by atoms with Crippen LogP contribution in [-0.2, 0) is 43.8 Å². The van der Waals surface area contributed by atoms with E-state index in [0.29, 0.717) is 5.56 Å². The number of aliphatic hydroxyl groups excluding tert-OH is 1. The number of benzene rings is 1. The van der Waals surface area contributed by atoms with E-state index in [1.54, 1.807) is 0 Å². The van der Waals surface area contributed by atoms with E-state index in [1.165, 1.54) is 18.2 Å². The fourth-order valence-electron chi connectivity index (χ4n) is 0.907. The molecule has 0 amide bonds. The number of nitrogens with two attached hydrogens (primary N) is 1. The van der Waals surface area contributed by atoms with Crippen LogP contribution in [0.5, 0.6) is 0 Å². The van der Waals surface area contributed by atoms with Crippen LogP contribution in [0.1, 0.15) is 5.56 Å². The number of aliphatic hydroxyl groups is 1. The Morgan fingerprint density at radius 3 is 2.50 bits per heavy atom. The van der Waals surface area contributed by atoms with Gasteiger partial charge in [0, 0.05) is 48.9 Å². The molecule has 6 heteroatoms. The van der Waals surface area contributed by atoms with Gasteiger partial charge in [-0.15, -0.1) is 0 Å². The summed E-state index contributed by atoms with van der Waals surface area (Å²) in [6.07, 6.45) is 0. The van der Waals surface area contributed by atoms with E-state index in [4.69, 9.17) is 10.8 Å². The van der Waals surface area contributed by atoms with Crippen molar-refractivity contribution in [2.45, 2.75) is 4.90 Å². The molecule has 1 radical (unpaired) electrons. The van der Waals surface area contributed by atoms with Gasteiger partial charge in [-0.1, -0.05) is 6.58 Å². The van der Waals surface area contributed by atoms with Gasteiger partial charge < -0.3 is 15.4 Å². The Morgan fingerprint density at radius 2 is 2.14 bits per heavy atom. The normalized spacial score (nSPS) is 11.5. The molecule has 0 aliphatic rings. The molecule has 0 saturated carbocycles. The fourth-order valence-corrected chi connectivity index (χ4v) is 1.31. The van der Waals surface area contributed by atoms with E-state index < -0.39 is 11.1 Å². The first kappa shape index (κ1) is 13.8. The van der Waals surface area contributed by atoms with Crippen molar-refractivity contribution >= 4 is 22.5 Å². The maximum absolute atomic E-state index is 10.5. The SMILES string of the molecule is C=C(O)c1ccc(S(=O)[O-])cc1N.[Y]. The third-order valence-electron chi connectivity index (χ3n) is 1.53. The van der Waals surface area contributed by atoms with Gasteiger partial charge in [0.2, 0.25) is 0 Å². The van der Waals surface area contributed by atoms with Crippen LogP contribution in [0.2, 0.25) is 0 Å². The predicted octanol–water partition coefficient (Wildman–Crippen LogP) is 1.03. The number of hydrogen-bond acceptors (Lipinski definition) is 4. The Morgan fingerprint density at radius 1 is 1.57 bits per heavy atom. The summed E-state index contributed by atoms with van der Waals surface area (Å²) in [4.78, 5) is 0.0856. The van der Waals surface area contributed by atoms with Crippen LogP contribution in [0.4, 0.5) is 5.69 Å². The first-order valence-corrected chi connectivity index (χ1v) is 4.47. The molecule has 1 aromatic carbocycles. The second-order valence-electron chi connectivity index (χ2n) is 2.43. The molecule has 1 aromatic rings. The van der Waals surface area contributed by atoms with Crippen molar-refractivity contribution in [2.75, 3.05) is 5.73 Å². The van der Waals surface area contributed by atoms with Crippen molar-refractivity contribution in [1.82, 2.24) is 0 Å². The fraction of sp³-hybridized carbons (Fsp3) is 0. The molecule has 0 spiro atoms. The largest absolute Gasteiger partial charge is 0.768 e. The van der Waals surface area contributed by atoms with Crippen LogP contribution in [0, 0.1) is 0 Å². The van der Waals surface area contributed by atoms with E-state index in [1.807, 2.05) is 0 Å². The summed E-state index contributed by atoms with van der Waals surface area (Å²) in [7, 11) is 0. The monoisotopic (exact) mass is 287 g/mol. The first-order chi connectivity index (χ1) is 6.02. The smallest absolute Gasteiger partial charge is 0.117 e. The van der Waals surface area contributed by atoms with Crippen LogP contribution in [0.25, 0.3) is 5.76 Å². The van der Waals surface area contributed by atoms with Crippen molar-refractivity contribution in [3.8, 4) is 0 Å². The van der Waals surface area contributed by atoms with Gasteiger partial charge in [0.05, 0.1) is 0 Å². The molecule has 1 unspecified atom stereocenters. The molecule has 0 saturated heterocycles. The van der Waals surface area contributed by atoms with E-state index >= 15 is 0 Å². The van der Waals surface area contributed by atoms with Crippen molar-refractivity contribution in [3.63, 3.8) is 0 Å². The average molecular weight is 287 g/mol. The summed E-state index contributed by atoms with van der Waals surface area (Å²) in [6.45, 7) is 3.28. The van der Waals surface area contributed by atoms with Crippen molar-refractivity contribution in [3.05, 3.63) is 30.3 Å². The van der Waals surface area contributed by atoms with Gasteiger partial charge in [-0.2, -0.15) is 0 Å². The molecule has 0 aliphatic heterocycles. The van der Waals surface area contributed by atoms with Gasteiger partial charge in [-0.25, -0.2) is 0 Å². The van der Waals surface area contributed by atoms with Crippen LogP contribution in [-0.4, -0.2) is 13.9 Å². The first-order valence-electron chi connectivity index (χ1n) is 3.39. The number of anilines is 1. The minimum absolute atomic E-state index is 0. The van der Waals surface area contributed by atoms with E-state index in [0.717, 1.165) is 0 Å². The molecule has 1 rings (SSSR count). The Hall–Kier alpha value is -0.226. The molecule has 0 aromatic heterocycles. The van der Waals surface area contributed by atoms with E-state index in [-0.39, 0.29) is 49.1 Å². The molecule has 14 heavy (non-hydrogen) atoms. The Bertz CT molecular complexity index is 381. The van der Waals surface area contributed by atoms with E-state index in [2.05, 4.69) is 6.58 Å². The predicted molar refractivity (Wildman–Crippen MR) is 49.7 cm³/mol. The summed E-state index contributed by atoms with van der Waals surface area (Å²) in [5.41, 5.74) is 6.00. The van der Waals surface area contributed by atoms with Crippen molar-refractivity contribution in [1.29, 1.82) is 0 Å². The Balaban J connectivity index is 0.00000169. The van der Waals surface area contributed by atoms with Gasteiger partial charge >= 0.3 is 0 Å².